The van der Waals surface area contributed by atoms with Gasteiger partial charge in [-0.15, -0.1) is 13.2 Å². The minimum atomic E-state index is -4.85. The molecule has 3 nitrogen and oxygen atoms in total. The molecule has 1 unspecified atom stereocenters. The highest BCUT2D eigenvalue weighted by molar-refractivity contribution is 5.96. The maximum Gasteiger partial charge on any atom is 0.573 e. The molecule has 1 fully saturated rings. The summed E-state index contributed by atoms with van der Waals surface area (Å²) in [5, 5.41) is 0. The number of hydrogen-bond acceptors (Lipinski definition) is 2. The zero-order valence-electron chi connectivity index (χ0n) is 13.6. The van der Waals surface area contributed by atoms with E-state index in [4.69, 9.17) is 0 Å². The molecule has 2 aromatic rings. The van der Waals surface area contributed by atoms with Gasteiger partial charge in [0.2, 0.25) is 5.91 Å². The highest BCUT2D eigenvalue weighted by atomic mass is 19.4. The molecule has 1 aliphatic heterocycles. The molecule has 1 atom stereocenters. The van der Waals surface area contributed by atoms with Crippen LogP contribution in [0.1, 0.15) is 30.0 Å². The Kier molecular flexibility index (Phi) is 4.79. The van der Waals surface area contributed by atoms with Crippen LogP contribution in [0.3, 0.4) is 0 Å². The Morgan fingerprint density at radius 3 is 2.22 bits per heavy atom. The van der Waals surface area contributed by atoms with Crippen molar-refractivity contribution >= 4 is 11.6 Å². The predicted molar refractivity (Wildman–Crippen MR) is 84.0 cm³/mol. The third-order valence-electron chi connectivity index (χ3n) is 4.16. The van der Waals surface area contributed by atoms with Crippen molar-refractivity contribution in [3.63, 3.8) is 0 Å². The van der Waals surface area contributed by atoms with E-state index >= 15 is 0 Å². The smallest absolute Gasteiger partial charge is 0.406 e. The minimum Gasteiger partial charge on any atom is -0.406 e. The zero-order chi connectivity index (χ0) is 19.8. The molecule has 1 amide bonds. The molecular weight excluding hydrogens is 376 g/mol. The average molecular weight is 389 g/mol. The summed E-state index contributed by atoms with van der Waals surface area (Å²) in [6, 6.07) is 8.70. The first-order valence-electron chi connectivity index (χ1n) is 7.89. The summed E-state index contributed by atoms with van der Waals surface area (Å²) >= 11 is 0. The van der Waals surface area contributed by atoms with E-state index in [2.05, 4.69) is 4.74 Å². The van der Waals surface area contributed by atoms with Crippen molar-refractivity contribution < 1.29 is 35.9 Å². The number of carbonyl (C=O) groups is 1. The number of hydrogen-bond donors (Lipinski definition) is 0. The second-order valence-electron chi connectivity index (χ2n) is 5.98. The molecule has 3 rings (SSSR count). The molecule has 1 aliphatic rings. The van der Waals surface area contributed by atoms with Crippen LogP contribution in [0.25, 0.3) is 0 Å². The average Bonchev–Trinajstić information content (AvgIpc) is 2.94. The number of rotatable bonds is 3. The van der Waals surface area contributed by atoms with Gasteiger partial charge in [0.1, 0.15) is 5.75 Å². The molecule has 0 bridgehead atoms. The van der Waals surface area contributed by atoms with Gasteiger partial charge in [0, 0.05) is 12.1 Å². The quantitative estimate of drug-likeness (QED) is 0.652. The van der Waals surface area contributed by atoms with E-state index in [1.165, 1.54) is 29.2 Å². The molecule has 0 radical (unpaired) electrons. The molecule has 0 spiro atoms. The van der Waals surface area contributed by atoms with E-state index in [0.29, 0.717) is 12.0 Å². The van der Waals surface area contributed by atoms with Crippen molar-refractivity contribution in [3.05, 3.63) is 59.7 Å². The van der Waals surface area contributed by atoms with Crippen molar-refractivity contribution in [1.82, 2.24) is 0 Å². The topological polar surface area (TPSA) is 29.5 Å². The number of amides is 1. The third-order valence-corrected chi connectivity index (χ3v) is 4.16. The van der Waals surface area contributed by atoms with Crippen molar-refractivity contribution in [2.75, 3.05) is 4.90 Å². The summed E-state index contributed by atoms with van der Waals surface area (Å²) in [7, 11) is 0. The van der Waals surface area contributed by atoms with Crippen LogP contribution in [0.2, 0.25) is 0 Å². The Morgan fingerprint density at radius 2 is 1.63 bits per heavy atom. The highest BCUT2D eigenvalue weighted by Crippen LogP contribution is 2.39. The molecule has 27 heavy (non-hydrogen) atoms. The lowest BCUT2D eigenvalue weighted by molar-refractivity contribution is -0.274. The predicted octanol–water partition coefficient (Wildman–Crippen LogP) is 5.47. The molecule has 144 valence electrons. The van der Waals surface area contributed by atoms with E-state index in [0.717, 1.165) is 18.2 Å². The molecule has 1 heterocycles. The summed E-state index contributed by atoms with van der Waals surface area (Å²) < 4.78 is 79.2. The van der Waals surface area contributed by atoms with Crippen molar-refractivity contribution in [1.29, 1.82) is 0 Å². The van der Waals surface area contributed by atoms with Gasteiger partial charge >= 0.3 is 12.5 Å². The van der Waals surface area contributed by atoms with Gasteiger partial charge in [0.25, 0.3) is 0 Å². The van der Waals surface area contributed by atoms with Gasteiger partial charge < -0.3 is 9.64 Å². The number of ether oxygens (including phenoxy) is 1. The van der Waals surface area contributed by atoms with Gasteiger partial charge in [-0.25, -0.2) is 0 Å². The van der Waals surface area contributed by atoms with E-state index in [9.17, 15) is 31.1 Å². The van der Waals surface area contributed by atoms with E-state index in [-0.39, 0.29) is 18.0 Å². The SMILES string of the molecule is O=C1CCC(c2cccc(OC(F)(F)F)c2)N1c1ccc(C(F)(F)F)cc1. The summed E-state index contributed by atoms with van der Waals surface area (Å²) in [4.78, 5) is 13.5. The van der Waals surface area contributed by atoms with Gasteiger partial charge in [0.15, 0.2) is 0 Å². The largest absolute Gasteiger partial charge is 0.573 e. The number of benzene rings is 2. The fourth-order valence-electron chi connectivity index (χ4n) is 3.05. The third kappa shape index (κ3) is 4.35. The molecular formula is C18H13F6NO2. The number of anilines is 1. The van der Waals surface area contributed by atoms with Crippen LogP contribution in [-0.4, -0.2) is 12.3 Å². The van der Waals surface area contributed by atoms with Crippen LogP contribution < -0.4 is 9.64 Å². The lowest BCUT2D eigenvalue weighted by Gasteiger charge is -2.26. The van der Waals surface area contributed by atoms with Gasteiger partial charge in [-0.2, -0.15) is 13.2 Å². The summed E-state index contributed by atoms with van der Waals surface area (Å²) in [5.41, 5.74) is -0.199. The van der Waals surface area contributed by atoms with Gasteiger partial charge in [-0.3, -0.25) is 4.79 Å². The second-order valence-corrected chi connectivity index (χ2v) is 5.98. The number of carbonyl (C=O) groups excluding carboxylic acids is 1. The second kappa shape index (κ2) is 6.79. The lowest BCUT2D eigenvalue weighted by Crippen LogP contribution is -2.27. The highest BCUT2D eigenvalue weighted by Gasteiger charge is 2.36. The van der Waals surface area contributed by atoms with Crippen molar-refractivity contribution in [3.8, 4) is 5.75 Å². The van der Waals surface area contributed by atoms with Crippen LogP contribution in [0.15, 0.2) is 48.5 Å². The van der Waals surface area contributed by atoms with Gasteiger partial charge in [0.05, 0.1) is 11.6 Å². The Labute approximate surface area is 150 Å². The van der Waals surface area contributed by atoms with Gasteiger partial charge in [-0.05, 0) is 48.4 Å². The summed E-state index contributed by atoms with van der Waals surface area (Å²) in [5.74, 6) is -0.742. The number of alkyl halides is 6. The fourth-order valence-corrected chi connectivity index (χ4v) is 3.05. The molecule has 2 aromatic carbocycles. The lowest BCUT2D eigenvalue weighted by atomic mass is 10.0. The first-order valence-corrected chi connectivity index (χ1v) is 7.89. The minimum absolute atomic E-state index is 0.135. The Balaban J connectivity index is 1.90. The first-order chi connectivity index (χ1) is 12.5. The maximum atomic E-state index is 12.7. The van der Waals surface area contributed by atoms with E-state index in [1.807, 2.05) is 0 Å². The van der Waals surface area contributed by atoms with Crippen LogP contribution in [0.4, 0.5) is 32.0 Å². The normalized spacial score (nSPS) is 18.1. The first kappa shape index (κ1) is 19.1. The Morgan fingerprint density at radius 1 is 0.963 bits per heavy atom. The number of nitrogens with zero attached hydrogens (tertiary/aromatic N) is 1. The Bertz CT molecular complexity index is 829. The van der Waals surface area contributed by atoms with Gasteiger partial charge in [-0.1, -0.05) is 12.1 Å². The van der Waals surface area contributed by atoms with Crippen LogP contribution in [0.5, 0.6) is 5.75 Å². The molecule has 0 saturated carbocycles. The zero-order valence-corrected chi connectivity index (χ0v) is 13.6. The summed E-state index contributed by atoms with van der Waals surface area (Å²) in [6.07, 6.45) is -8.89. The molecule has 0 aliphatic carbocycles. The standard InChI is InChI=1S/C18H13F6NO2/c19-17(20,21)12-4-6-13(7-5-12)25-15(8-9-16(25)26)11-2-1-3-14(10-11)27-18(22,23)24/h1-7,10,15H,8-9H2. The molecule has 0 N–H and O–H groups in total. The Hall–Kier alpha value is -2.71. The fraction of sp³-hybridized carbons (Fsp3) is 0.278. The van der Waals surface area contributed by atoms with Crippen LogP contribution in [-0.2, 0) is 11.0 Å². The summed E-state index contributed by atoms with van der Waals surface area (Å²) in [6.45, 7) is 0. The van der Waals surface area contributed by atoms with Crippen LogP contribution in [0, 0.1) is 0 Å². The monoisotopic (exact) mass is 389 g/mol. The molecule has 1 saturated heterocycles. The van der Waals surface area contributed by atoms with E-state index in [1.54, 1.807) is 6.07 Å². The van der Waals surface area contributed by atoms with Crippen molar-refractivity contribution in [2.24, 2.45) is 0 Å². The van der Waals surface area contributed by atoms with E-state index < -0.39 is 29.9 Å². The van der Waals surface area contributed by atoms with Crippen LogP contribution >= 0.6 is 0 Å². The molecule has 9 heteroatoms. The molecule has 0 aromatic heterocycles. The number of halogens is 6. The van der Waals surface area contributed by atoms with Crippen molar-refractivity contribution in [2.45, 2.75) is 31.4 Å². The maximum absolute atomic E-state index is 12.7.